The summed E-state index contributed by atoms with van der Waals surface area (Å²) in [7, 11) is 0. The molecule has 19 heavy (non-hydrogen) atoms. The largest absolute Gasteiger partial charge is 0.493 e. The van der Waals surface area contributed by atoms with Gasteiger partial charge in [0.1, 0.15) is 5.75 Å². The van der Waals surface area contributed by atoms with Crippen LogP contribution in [-0.4, -0.2) is 12.6 Å². The minimum Gasteiger partial charge on any atom is -0.493 e. The zero-order chi connectivity index (χ0) is 13.9. The molecule has 1 unspecified atom stereocenters. The van der Waals surface area contributed by atoms with Gasteiger partial charge < -0.3 is 10.5 Å². The summed E-state index contributed by atoms with van der Waals surface area (Å²) >= 11 is 0. The molecule has 1 atom stereocenters. The van der Waals surface area contributed by atoms with Gasteiger partial charge >= 0.3 is 0 Å². The van der Waals surface area contributed by atoms with E-state index in [-0.39, 0.29) is 6.04 Å². The fraction of sp³-hybridized carbons (Fsp3) is 0.647. The van der Waals surface area contributed by atoms with Crippen LogP contribution in [0.4, 0.5) is 0 Å². The van der Waals surface area contributed by atoms with Crippen LogP contribution in [0, 0.1) is 0 Å². The second kappa shape index (κ2) is 9.85. The van der Waals surface area contributed by atoms with E-state index in [1.165, 1.54) is 31.2 Å². The van der Waals surface area contributed by atoms with Crippen LogP contribution in [0.25, 0.3) is 0 Å². The molecule has 0 aliphatic heterocycles. The van der Waals surface area contributed by atoms with Gasteiger partial charge in [0.15, 0.2) is 0 Å². The van der Waals surface area contributed by atoms with Crippen molar-refractivity contribution in [2.45, 2.75) is 64.8 Å². The van der Waals surface area contributed by atoms with Crippen molar-refractivity contribution >= 4 is 0 Å². The Labute approximate surface area is 118 Å². The molecule has 1 aromatic carbocycles. The quantitative estimate of drug-likeness (QED) is 0.638. The van der Waals surface area contributed by atoms with Crippen molar-refractivity contribution in [2.24, 2.45) is 5.73 Å². The van der Waals surface area contributed by atoms with Crippen molar-refractivity contribution in [1.82, 2.24) is 0 Å². The van der Waals surface area contributed by atoms with E-state index in [2.05, 4.69) is 32.0 Å². The summed E-state index contributed by atoms with van der Waals surface area (Å²) in [6, 6.07) is 8.59. The van der Waals surface area contributed by atoms with Gasteiger partial charge in [0.2, 0.25) is 0 Å². The molecule has 0 aromatic heterocycles. The van der Waals surface area contributed by atoms with Crippen LogP contribution in [0.15, 0.2) is 24.3 Å². The van der Waals surface area contributed by atoms with Crippen LogP contribution in [0.2, 0.25) is 0 Å². The molecule has 0 bridgehead atoms. The van der Waals surface area contributed by atoms with Crippen LogP contribution < -0.4 is 10.5 Å². The summed E-state index contributed by atoms with van der Waals surface area (Å²) in [6.45, 7) is 5.13. The van der Waals surface area contributed by atoms with E-state index < -0.39 is 0 Å². The van der Waals surface area contributed by atoms with E-state index >= 15 is 0 Å². The van der Waals surface area contributed by atoms with E-state index in [0.717, 1.165) is 31.6 Å². The third kappa shape index (κ3) is 7.22. The summed E-state index contributed by atoms with van der Waals surface area (Å²) in [4.78, 5) is 0. The molecular weight excluding hydrogens is 234 g/mol. The first-order chi connectivity index (χ1) is 9.24. The van der Waals surface area contributed by atoms with Crippen LogP contribution in [0.3, 0.4) is 0 Å². The van der Waals surface area contributed by atoms with Crippen LogP contribution in [0.1, 0.15) is 57.9 Å². The molecule has 0 aliphatic rings. The SMILES string of the molecule is CCCCCCCOc1ccccc1CCC(C)N. The molecule has 2 N–H and O–H groups in total. The van der Waals surface area contributed by atoms with Gasteiger partial charge in [-0.05, 0) is 37.8 Å². The highest BCUT2D eigenvalue weighted by molar-refractivity contribution is 5.33. The molecule has 0 saturated carbocycles. The van der Waals surface area contributed by atoms with E-state index in [0.29, 0.717) is 0 Å². The summed E-state index contributed by atoms with van der Waals surface area (Å²) in [5.41, 5.74) is 7.10. The highest BCUT2D eigenvalue weighted by Gasteiger charge is 2.04. The van der Waals surface area contributed by atoms with Gasteiger partial charge in [-0.25, -0.2) is 0 Å². The molecule has 1 aromatic rings. The standard InChI is InChI=1S/C17H29NO/c1-3-4-5-6-9-14-19-17-11-8-7-10-16(17)13-12-15(2)18/h7-8,10-11,15H,3-6,9,12-14,18H2,1-2H3. The van der Waals surface area contributed by atoms with Crippen LogP contribution in [-0.2, 0) is 6.42 Å². The first-order valence-corrected chi connectivity index (χ1v) is 7.70. The Bertz CT molecular complexity index is 336. The lowest BCUT2D eigenvalue weighted by atomic mass is 10.1. The molecule has 0 heterocycles. The molecule has 2 heteroatoms. The molecule has 0 fully saturated rings. The first-order valence-electron chi connectivity index (χ1n) is 7.70. The summed E-state index contributed by atoms with van der Waals surface area (Å²) < 4.78 is 5.91. The molecule has 0 radical (unpaired) electrons. The van der Waals surface area contributed by atoms with Gasteiger partial charge in [0, 0.05) is 6.04 Å². The van der Waals surface area contributed by atoms with Crippen molar-refractivity contribution in [3.05, 3.63) is 29.8 Å². The maximum Gasteiger partial charge on any atom is 0.122 e. The van der Waals surface area contributed by atoms with E-state index in [9.17, 15) is 0 Å². The Balaban J connectivity index is 2.31. The van der Waals surface area contributed by atoms with Crippen molar-refractivity contribution in [3.8, 4) is 5.75 Å². The molecular formula is C17H29NO. The third-order valence-corrected chi connectivity index (χ3v) is 3.35. The predicted octanol–water partition coefficient (Wildman–Crippen LogP) is 4.32. The second-order valence-corrected chi connectivity index (χ2v) is 5.39. The van der Waals surface area contributed by atoms with Gasteiger partial charge in [-0.2, -0.15) is 0 Å². The molecule has 2 nitrogen and oxygen atoms in total. The Morgan fingerprint density at radius 2 is 1.84 bits per heavy atom. The maximum absolute atomic E-state index is 5.91. The summed E-state index contributed by atoms with van der Waals surface area (Å²) in [5.74, 6) is 1.04. The minimum atomic E-state index is 0.252. The number of hydrogen-bond acceptors (Lipinski definition) is 2. The number of rotatable bonds is 10. The topological polar surface area (TPSA) is 35.2 Å². The van der Waals surface area contributed by atoms with Crippen molar-refractivity contribution < 1.29 is 4.74 Å². The van der Waals surface area contributed by atoms with Gasteiger partial charge in [0.25, 0.3) is 0 Å². The third-order valence-electron chi connectivity index (χ3n) is 3.35. The summed E-state index contributed by atoms with van der Waals surface area (Å²) in [5, 5.41) is 0. The first kappa shape index (κ1) is 16.0. The number of aryl methyl sites for hydroxylation is 1. The monoisotopic (exact) mass is 263 g/mol. The lowest BCUT2D eigenvalue weighted by Crippen LogP contribution is -2.15. The highest BCUT2D eigenvalue weighted by Crippen LogP contribution is 2.20. The van der Waals surface area contributed by atoms with Crippen LogP contribution in [0.5, 0.6) is 5.75 Å². The zero-order valence-electron chi connectivity index (χ0n) is 12.5. The Morgan fingerprint density at radius 1 is 1.11 bits per heavy atom. The van der Waals surface area contributed by atoms with Crippen molar-refractivity contribution in [1.29, 1.82) is 0 Å². The molecule has 0 spiro atoms. The Kier molecular flexibility index (Phi) is 8.31. The Morgan fingerprint density at radius 3 is 2.58 bits per heavy atom. The van der Waals surface area contributed by atoms with E-state index in [1.807, 2.05) is 6.07 Å². The van der Waals surface area contributed by atoms with Gasteiger partial charge in [0.05, 0.1) is 6.61 Å². The highest BCUT2D eigenvalue weighted by atomic mass is 16.5. The van der Waals surface area contributed by atoms with Gasteiger partial charge in [-0.3, -0.25) is 0 Å². The van der Waals surface area contributed by atoms with E-state index in [4.69, 9.17) is 10.5 Å². The number of para-hydroxylation sites is 1. The molecule has 1 rings (SSSR count). The van der Waals surface area contributed by atoms with Crippen molar-refractivity contribution in [3.63, 3.8) is 0 Å². The summed E-state index contributed by atoms with van der Waals surface area (Å²) in [6.07, 6.45) is 8.40. The minimum absolute atomic E-state index is 0.252. The molecule has 108 valence electrons. The lowest BCUT2D eigenvalue weighted by molar-refractivity contribution is 0.301. The van der Waals surface area contributed by atoms with E-state index in [1.54, 1.807) is 0 Å². The number of unbranched alkanes of at least 4 members (excludes halogenated alkanes) is 4. The number of ether oxygens (including phenoxy) is 1. The normalized spacial score (nSPS) is 12.4. The lowest BCUT2D eigenvalue weighted by Gasteiger charge is -2.12. The Hall–Kier alpha value is -1.02. The number of hydrogen-bond donors (Lipinski definition) is 1. The smallest absolute Gasteiger partial charge is 0.122 e. The molecule has 0 aliphatic carbocycles. The average molecular weight is 263 g/mol. The fourth-order valence-electron chi connectivity index (χ4n) is 2.12. The van der Waals surface area contributed by atoms with Crippen molar-refractivity contribution in [2.75, 3.05) is 6.61 Å². The van der Waals surface area contributed by atoms with Gasteiger partial charge in [-0.1, -0.05) is 50.8 Å². The number of nitrogens with two attached hydrogens (primary N) is 1. The molecule has 0 saturated heterocycles. The maximum atomic E-state index is 5.91. The van der Waals surface area contributed by atoms with Crippen LogP contribution >= 0.6 is 0 Å². The average Bonchev–Trinajstić information content (AvgIpc) is 2.41. The second-order valence-electron chi connectivity index (χ2n) is 5.39. The predicted molar refractivity (Wildman–Crippen MR) is 82.7 cm³/mol. The zero-order valence-corrected chi connectivity index (χ0v) is 12.5. The fourth-order valence-corrected chi connectivity index (χ4v) is 2.12. The van der Waals surface area contributed by atoms with Gasteiger partial charge in [-0.15, -0.1) is 0 Å². The molecule has 0 amide bonds. The number of benzene rings is 1.